The summed E-state index contributed by atoms with van der Waals surface area (Å²) in [4.78, 5) is 27.3. The second kappa shape index (κ2) is 10.5. The number of fused-ring (bicyclic) bond motifs is 1. The Balaban J connectivity index is 1.62. The molecule has 1 atom stereocenters. The molecule has 0 aliphatic rings. The monoisotopic (exact) mass is 440 g/mol. The molecule has 0 aliphatic heterocycles. The summed E-state index contributed by atoms with van der Waals surface area (Å²) in [6.07, 6.45) is 2.08. The van der Waals surface area contributed by atoms with Gasteiger partial charge < -0.3 is 20.1 Å². The molecule has 2 aromatic carbocycles. The molecular formula is C24H29ClN4O2. The highest BCUT2D eigenvalue weighted by atomic mass is 35.5. The Morgan fingerprint density at radius 1 is 1.10 bits per heavy atom. The lowest BCUT2D eigenvalue weighted by Gasteiger charge is -2.18. The minimum absolute atomic E-state index is 0.291. The molecule has 31 heavy (non-hydrogen) atoms. The van der Waals surface area contributed by atoms with Crippen molar-refractivity contribution in [2.75, 3.05) is 25.0 Å². The molecular weight excluding hydrogens is 412 g/mol. The first-order valence-electron chi connectivity index (χ1n) is 10.6. The number of anilines is 1. The van der Waals surface area contributed by atoms with Crippen LogP contribution in [0.25, 0.3) is 10.9 Å². The van der Waals surface area contributed by atoms with Crippen molar-refractivity contribution in [2.45, 2.75) is 33.4 Å². The van der Waals surface area contributed by atoms with Gasteiger partial charge in [-0.2, -0.15) is 0 Å². The number of carbonyl (C=O) groups is 2. The quantitative estimate of drug-likeness (QED) is 0.518. The summed E-state index contributed by atoms with van der Waals surface area (Å²) in [5.41, 5.74) is 2.17. The van der Waals surface area contributed by atoms with E-state index in [0.29, 0.717) is 16.3 Å². The van der Waals surface area contributed by atoms with Gasteiger partial charge in [0, 0.05) is 35.9 Å². The van der Waals surface area contributed by atoms with Gasteiger partial charge in [-0.15, -0.1) is 0 Å². The standard InChI is InChI=1S/C24H29ClN4O2/c1-4-28(5-2)14-15-29-13-12-18-16-19(10-11-22(18)29)27-23(30)17(3)26-24(31)20-8-6-7-9-21(20)25/h6-13,16-17H,4-5,14-15H2,1-3H3,(H,26,31)(H,27,30). The van der Waals surface area contributed by atoms with Crippen LogP contribution in [0.5, 0.6) is 0 Å². The van der Waals surface area contributed by atoms with Crippen molar-refractivity contribution in [3.8, 4) is 0 Å². The van der Waals surface area contributed by atoms with E-state index in [1.165, 1.54) is 0 Å². The molecule has 3 rings (SSSR count). The van der Waals surface area contributed by atoms with Gasteiger partial charge in [0.2, 0.25) is 5.91 Å². The SMILES string of the molecule is CCN(CC)CCn1ccc2cc(NC(=O)C(C)NC(=O)c3ccccc3Cl)ccc21. The van der Waals surface area contributed by atoms with Gasteiger partial charge in [-0.3, -0.25) is 9.59 Å². The first-order chi connectivity index (χ1) is 14.9. The van der Waals surface area contributed by atoms with E-state index in [9.17, 15) is 9.59 Å². The van der Waals surface area contributed by atoms with Gasteiger partial charge in [-0.1, -0.05) is 37.6 Å². The lowest BCUT2D eigenvalue weighted by molar-refractivity contribution is -0.117. The lowest BCUT2D eigenvalue weighted by atomic mass is 10.2. The maximum absolute atomic E-state index is 12.6. The van der Waals surface area contributed by atoms with Gasteiger partial charge in [0.05, 0.1) is 10.6 Å². The van der Waals surface area contributed by atoms with Crippen LogP contribution in [0.1, 0.15) is 31.1 Å². The van der Waals surface area contributed by atoms with Crippen molar-refractivity contribution < 1.29 is 9.59 Å². The molecule has 2 N–H and O–H groups in total. The Bertz CT molecular complexity index is 1060. The molecule has 6 nitrogen and oxygen atoms in total. The van der Waals surface area contributed by atoms with E-state index in [4.69, 9.17) is 11.6 Å². The number of rotatable bonds is 9. The molecule has 2 amide bonds. The van der Waals surface area contributed by atoms with Gasteiger partial charge in [0.1, 0.15) is 6.04 Å². The maximum atomic E-state index is 12.6. The van der Waals surface area contributed by atoms with Gasteiger partial charge >= 0.3 is 0 Å². The van der Waals surface area contributed by atoms with Crippen molar-refractivity contribution in [1.29, 1.82) is 0 Å². The molecule has 1 heterocycles. The van der Waals surface area contributed by atoms with Crippen molar-refractivity contribution in [3.63, 3.8) is 0 Å². The molecule has 164 valence electrons. The molecule has 1 aromatic heterocycles. The van der Waals surface area contributed by atoms with E-state index >= 15 is 0 Å². The van der Waals surface area contributed by atoms with E-state index < -0.39 is 6.04 Å². The average Bonchev–Trinajstić information content (AvgIpc) is 3.16. The number of benzene rings is 2. The Hall–Kier alpha value is -2.83. The Morgan fingerprint density at radius 3 is 2.55 bits per heavy atom. The first-order valence-corrected chi connectivity index (χ1v) is 11.0. The van der Waals surface area contributed by atoms with Crippen LogP contribution < -0.4 is 10.6 Å². The summed E-state index contributed by atoms with van der Waals surface area (Å²) in [6.45, 7) is 9.98. The molecule has 1 unspecified atom stereocenters. The van der Waals surface area contributed by atoms with Crippen molar-refractivity contribution in [2.24, 2.45) is 0 Å². The lowest BCUT2D eigenvalue weighted by Crippen LogP contribution is -2.41. The largest absolute Gasteiger partial charge is 0.346 e. The number of hydrogen-bond acceptors (Lipinski definition) is 3. The van der Waals surface area contributed by atoms with Crippen LogP contribution in [-0.4, -0.2) is 47.0 Å². The van der Waals surface area contributed by atoms with E-state index in [0.717, 1.165) is 37.1 Å². The Labute approximate surface area is 188 Å². The van der Waals surface area contributed by atoms with Gasteiger partial charge in [0.15, 0.2) is 0 Å². The fraction of sp³-hybridized carbons (Fsp3) is 0.333. The summed E-state index contributed by atoms with van der Waals surface area (Å²) < 4.78 is 2.23. The minimum Gasteiger partial charge on any atom is -0.346 e. The molecule has 0 fully saturated rings. The molecule has 0 bridgehead atoms. The molecule has 3 aromatic rings. The predicted octanol–water partition coefficient (Wildman–Crippen LogP) is 4.39. The number of likely N-dealkylation sites (N-methyl/N-ethyl adjacent to an activating group) is 1. The zero-order valence-electron chi connectivity index (χ0n) is 18.2. The minimum atomic E-state index is -0.710. The number of halogens is 1. The number of carbonyl (C=O) groups excluding carboxylic acids is 2. The van der Waals surface area contributed by atoms with Crippen LogP contribution in [0.4, 0.5) is 5.69 Å². The summed E-state index contributed by atoms with van der Waals surface area (Å²) in [5, 5.41) is 6.98. The summed E-state index contributed by atoms with van der Waals surface area (Å²) in [6, 6.07) is 13.9. The van der Waals surface area contributed by atoms with Gasteiger partial charge in [-0.25, -0.2) is 0 Å². The highest BCUT2D eigenvalue weighted by Gasteiger charge is 2.18. The third-order valence-electron chi connectivity index (χ3n) is 5.45. The predicted molar refractivity (Wildman–Crippen MR) is 127 cm³/mol. The highest BCUT2D eigenvalue weighted by Crippen LogP contribution is 2.21. The van der Waals surface area contributed by atoms with Crippen LogP contribution in [-0.2, 0) is 11.3 Å². The van der Waals surface area contributed by atoms with Crippen molar-refractivity contribution >= 4 is 40.0 Å². The number of aromatic nitrogens is 1. The van der Waals surface area contributed by atoms with Crippen molar-refractivity contribution in [1.82, 2.24) is 14.8 Å². The fourth-order valence-electron chi connectivity index (χ4n) is 3.50. The third kappa shape index (κ3) is 5.66. The van der Waals surface area contributed by atoms with E-state index in [1.54, 1.807) is 31.2 Å². The summed E-state index contributed by atoms with van der Waals surface area (Å²) >= 11 is 6.06. The molecule has 0 radical (unpaired) electrons. The second-order valence-electron chi connectivity index (χ2n) is 7.47. The number of nitrogens with zero attached hydrogens (tertiary/aromatic N) is 2. The van der Waals surface area contributed by atoms with Crippen LogP contribution >= 0.6 is 11.6 Å². The first kappa shape index (κ1) is 22.8. The molecule has 0 saturated heterocycles. The van der Waals surface area contributed by atoms with E-state index in [2.05, 4.69) is 46.2 Å². The van der Waals surface area contributed by atoms with Crippen LogP contribution in [0.3, 0.4) is 0 Å². The highest BCUT2D eigenvalue weighted by molar-refractivity contribution is 6.33. The maximum Gasteiger partial charge on any atom is 0.253 e. The normalized spacial score (nSPS) is 12.2. The zero-order chi connectivity index (χ0) is 22.4. The number of nitrogens with one attached hydrogen (secondary N) is 2. The van der Waals surface area contributed by atoms with Gasteiger partial charge in [0.25, 0.3) is 5.91 Å². The Morgan fingerprint density at radius 2 is 1.84 bits per heavy atom. The van der Waals surface area contributed by atoms with Crippen LogP contribution in [0, 0.1) is 0 Å². The molecule has 0 spiro atoms. The average molecular weight is 441 g/mol. The fourth-order valence-corrected chi connectivity index (χ4v) is 3.72. The second-order valence-corrected chi connectivity index (χ2v) is 7.88. The number of amides is 2. The Kier molecular flexibility index (Phi) is 7.71. The van der Waals surface area contributed by atoms with E-state index in [-0.39, 0.29) is 11.8 Å². The third-order valence-corrected chi connectivity index (χ3v) is 5.78. The van der Waals surface area contributed by atoms with E-state index in [1.807, 2.05) is 18.2 Å². The zero-order valence-corrected chi connectivity index (χ0v) is 18.9. The summed E-state index contributed by atoms with van der Waals surface area (Å²) in [5.74, 6) is -0.672. The molecule has 0 aliphatic carbocycles. The summed E-state index contributed by atoms with van der Waals surface area (Å²) in [7, 11) is 0. The smallest absolute Gasteiger partial charge is 0.253 e. The molecule has 7 heteroatoms. The van der Waals surface area contributed by atoms with Crippen LogP contribution in [0.15, 0.2) is 54.7 Å². The molecule has 0 saturated carbocycles. The van der Waals surface area contributed by atoms with Crippen LogP contribution in [0.2, 0.25) is 5.02 Å². The number of hydrogen-bond donors (Lipinski definition) is 2. The van der Waals surface area contributed by atoms with Gasteiger partial charge in [-0.05, 0) is 56.4 Å². The van der Waals surface area contributed by atoms with Crippen molar-refractivity contribution in [3.05, 3.63) is 65.3 Å². The topological polar surface area (TPSA) is 66.4 Å².